The average molecular weight is 423 g/mol. The predicted octanol–water partition coefficient (Wildman–Crippen LogP) is 6.04. The second kappa shape index (κ2) is 8.54. The van der Waals surface area contributed by atoms with Gasteiger partial charge in [0.05, 0.1) is 15.6 Å². The molecule has 140 valence electrons. The van der Waals surface area contributed by atoms with E-state index >= 15 is 0 Å². The highest BCUT2D eigenvalue weighted by Gasteiger charge is 2.32. The summed E-state index contributed by atoms with van der Waals surface area (Å²) >= 11 is 11.7. The summed E-state index contributed by atoms with van der Waals surface area (Å²) in [5, 5.41) is 28.6. The van der Waals surface area contributed by atoms with Crippen molar-refractivity contribution in [3.63, 3.8) is 0 Å². The van der Waals surface area contributed by atoms with Crippen molar-refractivity contribution >= 4 is 28.9 Å². The number of alkyl halides is 3. The number of ether oxygens (including phenoxy) is 1. The van der Waals surface area contributed by atoms with E-state index in [1.54, 1.807) is 18.2 Å². The largest absolute Gasteiger partial charge is 0.454 e. The maximum absolute atomic E-state index is 12.8. The fourth-order valence-corrected chi connectivity index (χ4v) is 2.54. The molecule has 0 atom stereocenters. The highest BCUT2D eigenvalue weighted by molar-refractivity contribution is 6.37. The molecule has 0 aliphatic rings. The van der Waals surface area contributed by atoms with Gasteiger partial charge in [-0.1, -0.05) is 23.2 Å². The van der Waals surface area contributed by atoms with Crippen LogP contribution >= 0.6 is 23.2 Å². The Morgan fingerprint density at radius 3 is 1.89 bits per heavy atom. The lowest BCUT2D eigenvalue weighted by Gasteiger charge is -2.13. The molecule has 2 aromatic carbocycles. The van der Waals surface area contributed by atoms with Crippen molar-refractivity contribution in [3.05, 3.63) is 63.3 Å². The number of nitrogens with zero attached hydrogens (tertiary/aromatic N) is 3. The van der Waals surface area contributed by atoms with Crippen molar-refractivity contribution in [1.82, 2.24) is 0 Å². The zero-order chi connectivity index (χ0) is 20.9. The number of hydrogen-bond acceptors (Lipinski definition) is 5. The van der Waals surface area contributed by atoms with Gasteiger partial charge in [-0.2, -0.15) is 29.0 Å². The predicted molar refractivity (Wildman–Crippen MR) is 95.5 cm³/mol. The smallest absolute Gasteiger partial charge is 0.416 e. The third-order valence-electron chi connectivity index (χ3n) is 3.25. The minimum absolute atomic E-state index is 0.147. The molecule has 0 fully saturated rings. The fraction of sp³-hybridized carbons (Fsp3) is 0.0556. The molecule has 0 bridgehead atoms. The lowest BCUT2D eigenvalue weighted by Crippen LogP contribution is -2.05. The molecule has 1 N–H and O–H groups in total. The standard InChI is InChI=1S/C18H7Cl2F3N4O/c19-14-5-11(18(21,22)23)6-15(20)17(14)28-13-3-1-12(2-4-13)27-16(9-26)10(7-24)8-25/h1-6,27H. The highest BCUT2D eigenvalue weighted by Crippen LogP contribution is 2.41. The summed E-state index contributed by atoms with van der Waals surface area (Å²) in [4.78, 5) is 0. The molecule has 10 heteroatoms. The van der Waals surface area contributed by atoms with Gasteiger partial charge in [-0.05, 0) is 36.4 Å². The lowest BCUT2D eigenvalue weighted by molar-refractivity contribution is -0.137. The number of nitrogens with one attached hydrogen (secondary N) is 1. The zero-order valence-corrected chi connectivity index (χ0v) is 15.1. The first-order valence-electron chi connectivity index (χ1n) is 7.25. The number of nitriles is 3. The van der Waals surface area contributed by atoms with Gasteiger partial charge in [0, 0.05) is 5.69 Å². The van der Waals surface area contributed by atoms with Gasteiger partial charge in [0.15, 0.2) is 11.3 Å². The van der Waals surface area contributed by atoms with Crippen molar-refractivity contribution < 1.29 is 17.9 Å². The molecule has 5 nitrogen and oxygen atoms in total. The quantitative estimate of drug-likeness (QED) is 0.606. The number of hydrogen-bond donors (Lipinski definition) is 1. The number of anilines is 1. The normalized spacial score (nSPS) is 10.2. The first-order valence-corrected chi connectivity index (χ1v) is 8.01. The van der Waals surface area contributed by atoms with Gasteiger partial charge >= 0.3 is 6.18 Å². The van der Waals surface area contributed by atoms with E-state index in [2.05, 4.69) is 5.32 Å². The van der Waals surface area contributed by atoms with Crippen LogP contribution in [0.4, 0.5) is 18.9 Å². The van der Waals surface area contributed by atoms with Crippen molar-refractivity contribution in [2.75, 3.05) is 5.32 Å². The maximum atomic E-state index is 12.8. The number of halogens is 5. The average Bonchev–Trinajstić information content (AvgIpc) is 2.65. The van der Waals surface area contributed by atoms with E-state index in [1.807, 2.05) is 0 Å². The van der Waals surface area contributed by atoms with Crippen LogP contribution in [0.15, 0.2) is 47.7 Å². The molecule has 0 heterocycles. The summed E-state index contributed by atoms with van der Waals surface area (Å²) in [6, 6.07) is 12.1. The molecule has 0 radical (unpaired) electrons. The minimum atomic E-state index is -4.60. The second-order valence-electron chi connectivity index (χ2n) is 5.10. The van der Waals surface area contributed by atoms with Crippen LogP contribution in [0, 0.1) is 34.0 Å². The van der Waals surface area contributed by atoms with Gasteiger partial charge in [-0.15, -0.1) is 0 Å². The van der Waals surface area contributed by atoms with Gasteiger partial charge in [0.25, 0.3) is 0 Å². The van der Waals surface area contributed by atoms with Crippen LogP contribution in [0.3, 0.4) is 0 Å². The summed E-state index contributed by atoms with van der Waals surface area (Å²) in [6.07, 6.45) is -4.60. The fourth-order valence-electron chi connectivity index (χ4n) is 1.97. The van der Waals surface area contributed by atoms with Crippen LogP contribution in [0.25, 0.3) is 0 Å². The Morgan fingerprint density at radius 1 is 0.929 bits per heavy atom. The zero-order valence-electron chi connectivity index (χ0n) is 13.6. The molecule has 0 unspecified atom stereocenters. The van der Waals surface area contributed by atoms with Crippen LogP contribution in [0.5, 0.6) is 11.5 Å². The first-order chi connectivity index (χ1) is 13.2. The second-order valence-corrected chi connectivity index (χ2v) is 5.92. The summed E-state index contributed by atoms with van der Waals surface area (Å²) in [5.74, 6) is 0.0586. The van der Waals surface area contributed by atoms with E-state index < -0.39 is 11.7 Å². The van der Waals surface area contributed by atoms with E-state index in [0.29, 0.717) is 17.8 Å². The van der Waals surface area contributed by atoms with Crippen molar-refractivity contribution in [1.29, 1.82) is 15.8 Å². The van der Waals surface area contributed by atoms with Gasteiger partial charge in [0.1, 0.15) is 29.7 Å². The lowest BCUT2D eigenvalue weighted by atomic mass is 10.2. The van der Waals surface area contributed by atoms with E-state index in [0.717, 1.165) is 0 Å². The van der Waals surface area contributed by atoms with Crippen molar-refractivity contribution in [3.8, 4) is 29.7 Å². The van der Waals surface area contributed by atoms with Crippen molar-refractivity contribution in [2.24, 2.45) is 0 Å². The SMILES string of the molecule is N#CC(C#N)=C(C#N)Nc1ccc(Oc2c(Cl)cc(C(F)(F)F)cc2Cl)cc1. The van der Waals surface area contributed by atoms with Gasteiger partial charge in [-0.25, -0.2) is 0 Å². The van der Waals surface area contributed by atoms with Crippen LogP contribution in [0.2, 0.25) is 10.0 Å². The molecule has 0 aliphatic heterocycles. The Bertz CT molecular complexity index is 1020. The third-order valence-corrected chi connectivity index (χ3v) is 3.82. The summed E-state index contributed by atoms with van der Waals surface area (Å²) in [5.41, 5.74) is -1.24. The van der Waals surface area contributed by atoms with Crippen LogP contribution in [-0.2, 0) is 6.18 Å². The van der Waals surface area contributed by atoms with E-state index in [-0.39, 0.29) is 32.8 Å². The minimum Gasteiger partial charge on any atom is -0.454 e. The van der Waals surface area contributed by atoms with E-state index in [4.69, 9.17) is 43.7 Å². The molecular formula is C18H7Cl2F3N4O. The summed E-state index contributed by atoms with van der Waals surface area (Å²) < 4.78 is 43.7. The molecule has 0 amide bonds. The molecule has 0 aromatic heterocycles. The van der Waals surface area contributed by atoms with Gasteiger partial charge in [0.2, 0.25) is 0 Å². The van der Waals surface area contributed by atoms with E-state index in [9.17, 15) is 13.2 Å². The first kappa shape index (κ1) is 20.9. The molecule has 2 aromatic rings. The molecular weight excluding hydrogens is 416 g/mol. The molecule has 0 aliphatic carbocycles. The highest BCUT2D eigenvalue weighted by atomic mass is 35.5. The molecule has 0 spiro atoms. The maximum Gasteiger partial charge on any atom is 0.416 e. The number of rotatable bonds is 4. The monoisotopic (exact) mass is 422 g/mol. The summed E-state index contributed by atoms with van der Waals surface area (Å²) in [6.45, 7) is 0. The van der Waals surface area contributed by atoms with Crippen molar-refractivity contribution in [2.45, 2.75) is 6.18 Å². The Hall–Kier alpha value is -3.38. The molecule has 2 rings (SSSR count). The molecule has 28 heavy (non-hydrogen) atoms. The third kappa shape index (κ3) is 4.86. The number of allylic oxidation sites excluding steroid dienone is 2. The van der Waals surface area contributed by atoms with Crippen LogP contribution in [-0.4, -0.2) is 0 Å². The Kier molecular flexibility index (Phi) is 6.38. The van der Waals surface area contributed by atoms with E-state index in [1.165, 1.54) is 24.3 Å². The Balaban J connectivity index is 2.25. The topological polar surface area (TPSA) is 92.6 Å². The Morgan fingerprint density at radius 2 is 1.46 bits per heavy atom. The molecule has 0 saturated heterocycles. The van der Waals surface area contributed by atoms with Gasteiger partial charge < -0.3 is 10.1 Å². The summed E-state index contributed by atoms with van der Waals surface area (Å²) in [7, 11) is 0. The van der Waals surface area contributed by atoms with Crippen LogP contribution < -0.4 is 10.1 Å². The van der Waals surface area contributed by atoms with Crippen LogP contribution in [0.1, 0.15) is 5.56 Å². The Labute approximate surface area is 167 Å². The van der Waals surface area contributed by atoms with Gasteiger partial charge in [-0.3, -0.25) is 0 Å². The number of benzene rings is 2. The molecule has 0 saturated carbocycles.